The smallest absolute Gasteiger partial charge is 0.169 e. The van der Waals surface area contributed by atoms with E-state index < -0.39 is 0 Å². The van der Waals surface area contributed by atoms with Gasteiger partial charge in [0.25, 0.3) is 0 Å². The minimum absolute atomic E-state index is 0.00483. The number of carbonyl (C=O) groups excluding carboxylic acids is 1. The van der Waals surface area contributed by atoms with Crippen LogP contribution >= 0.6 is 15.9 Å². The van der Waals surface area contributed by atoms with Crippen molar-refractivity contribution in [1.29, 1.82) is 0 Å². The first-order valence-electron chi connectivity index (χ1n) is 6.00. The number of rotatable bonds is 6. The molecule has 0 spiro atoms. The van der Waals surface area contributed by atoms with Gasteiger partial charge in [0, 0.05) is 5.92 Å². The van der Waals surface area contributed by atoms with Gasteiger partial charge >= 0.3 is 0 Å². The standard InChI is InChI=1S/C14H19BrO3/c1-5-6-9(2)14(16)10-7-13(18-4)11(15)8-12(10)17-3/h7-9H,5-6H2,1-4H3. The molecule has 18 heavy (non-hydrogen) atoms. The Morgan fingerprint density at radius 2 is 1.89 bits per heavy atom. The molecule has 0 N–H and O–H groups in total. The zero-order valence-corrected chi connectivity index (χ0v) is 12.8. The van der Waals surface area contributed by atoms with E-state index in [0.29, 0.717) is 17.1 Å². The lowest BCUT2D eigenvalue weighted by atomic mass is 9.94. The van der Waals surface area contributed by atoms with Crippen molar-refractivity contribution in [2.24, 2.45) is 5.92 Å². The molecule has 0 aromatic heterocycles. The summed E-state index contributed by atoms with van der Waals surface area (Å²) in [6.07, 6.45) is 1.86. The molecule has 0 amide bonds. The Morgan fingerprint density at radius 3 is 2.39 bits per heavy atom. The van der Waals surface area contributed by atoms with Gasteiger partial charge in [-0.15, -0.1) is 0 Å². The maximum atomic E-state index is 12.3. The zero-order chi connectivity index (χ0) is 13.7. The molecule has 0 bridgehead atoms. The Hall–Kier alpha value is -1.03. The average Bonchev–Trinajstić information content (AvgIpc) is 2.37. The molecule has 0 fully saturated rings. The molecule has 0 aliphatic rings. The molecular formula is C14H19BrO3. The van der Waals surface area contributed by atoms with Crippen LogP contribution in [0.15, 0.2) is 16.6 Å². The van der Waals surface area contributed by atoms with Crippen molar-refractivity contribution < 1.29 is 14.3 Å². The van der Waals surface area contributed by atoms with Gasteiger partial charge < -0.3 is 9.47 Å². The van der Waals surface area contributed by atoms with Crippen molar-refractivity contribution >= 4 is 21.7 Å². The van der Waals surface area contributed by atoms with Crippen molar-refractivity contribution in [3.8, 4) is 11.5 Å². The fourth-order valence-electron chi connectivity index (χ4n) is 1.88. The van der Waals surface area contributed by atoms with Gasteiger partial charge in [-0.25, -0.2) is 0 Å². The van der Waals surface area contributed by atoms with Gasteiger partial charge in [0.05, 0.1) is 24.3 Å². The fraction of sp³-hybridized carbons (Fsp3) is 0.500. The highest BCUT2D eigenvalue weighted by molar-refractivity contribution is 9.10. The van der Waals surface area contributed by atoms with Crippen molar-refractivity contribution in [3.63, 3.8) is 0 Å². The van der Waals surface area contributed by atoms with Crippen molar-refractivity contribution in [1.82, 2.24) is 0 Å². The summed E-state index contributed by atoms with van der Waals surface area (Å²) in [4.78, 5) is 12.3. The highest BCUT2D eigenvalue weighted by Gasteiger charge is 2.20. The zero-order valence-electron chi connectivity index (χ0n) is 11.2. The van der Waals surface area contributed by atoms with Crippen LogP contribution in [-0.4, -0.2) is 20.0 Å². The van der Waals surface area contributed by atoms with E-state index in [9.17, 15) is 4.79 Å². The van der Waals surface area contributed by atoms with E-state index in [-0.39, 0.29) is 11.7 Å². The Bertz CT molecular complexity index is 429. The molecule has 1 aromatic rings. The summed E-state index contributed by atoms with van der Waals surface area (Å²) in [6.45, 7) is 4.02. The summed E-state index contributed by atoms with van der Waals surface area (Å²) in [5.41, 5.74) is 0.582. The van der Waals surface area contributed by atoms with Crippen LogP contribution in [0.1, 0.15) is 37.0 Å². The highest BCUT2D eigenvalue weighted by atomic mass is 79.9. The van der Waals surface area contributed by atoms with E-state index >= 15 is 0 Å². The summed E-state index contributed by atoms with van der Waals surface area (Å²) < 4.78 is 11.3. The molecule has 0 radical (unpaired) electrons. The summed E-state index contributed by atoms with van der Waals surface area (Å²) in [7, 11) is 3.14. The minimum atomic E-state index is -0.00483. The van der Waals surface area contributed by atoms with Crippen molar-refractivity contribution in [3.05, 3.63) is 22.2 Å². The second-order valence-corrected chi connectivity index (χ2v) is 5.10. The van der Waals surface area contributed by atoms with Crippen molar-refractivity contribution in [2.45, 2.75) is 26.7 Å². The van der Waals surface area contributed by atoms with Gasteiger partial charge in [-0.2, -0.15) is 0 Å². The van der Waals surface area contributed by atoms with Crippen LogP contribution in [0.3, 0.4) is 0 Å². The molecule has 0 aliphatic heterocycles. The first-order chi connectivity index (χ1) is 8.54. The van der Waals surface area contributed by atoms with E-state index in [4.69, 9.17) is 9.47 Å². The molecule has 4 heteroatoms. The lowest BCUT2D eigenvalue weighted by Gasteiger charge is -2.14. The monoisotopic (exact) mass is 314 g/mol. The first kappa shape index (κ1) is 15.0. The summed E-state index contributed by atoms with van der Waals surface area (Å²) in [5.74, 6) is 1.31. The first-order valence-corrected chi connectivity index (χ1v) is 6.80. The Balaban J connectivity index is 3.17. The molecule has 1 atom stereocenters. The van der Waals surface area contributed by atoms with Crippen LogP contribution in [0, 0.1) is 5.92 Å². The molecule has 0 heterocycles. The second kappa shape index (κ2) is 6.78. The normalized spacial score (nSPS) is 12.1. The highest BCUT2D eigenvalue weighted by Crippen LogP contribution is 2.34. The molecule has 3 nitrogen and oxygen atoms in total. The molecule has 0 saturated carbocycles. The number of ketones is 1. The van der Waals surface area contributed by atoms with Gasteiger partial charge in [-0.05, 0) is 34.5 Å². The lowest BCUT2D eigenvalue weighted by molar-refractivity contribution is 0.0920. The minimum Gasteiger partial charge on any atom is -0.496 e. The predicted octanol–water partition coefficient (Wildman–Crippen LogP) is 4.09. The third-order valence-electron chi connectivity index (χ3n) is 2.91. The predicted molar refractivity (Wildman–Crippen MR) is 75.6 cm³/mol. The van der Waals surface area contributed by atoms with E-state index in [0.717, 1.165) is 17.3 Å². The molecule has 1 unspecified atom stereocenters. The molecule has 1 aromatic carbocycles. The van der Waals surface area contributed by atoms with E-state index in [1.54, 1.807) is 26.4 Å². The van der Waals surface area contributed by atoms with Gasteiger partial charge in [0.1, 0.15) is 11.5 Å². The van der Waals surface area contributed by atoms with Crippen LogP contribution in [0.5, 0.6) is 11.5 Å². The van der Waals surface area contributed by atoms with E-state index in [1.165, 1.54) is 0 Å². The summed E-state index contributed by atoms with van der Waals surface area (Å²) in [5, 5.41) is 0. The molecule has 1 rings (SSSR count). The largest absolute Gasteiger partial charge is 0.496 e. The number of methoxy groups -OCH3 is 2. The quantitative estimate of drug-likeness (QED) is 0.742. The Labute approximate surface area is 117 Å². The van der Waals surface area contributed by atoms with Gasteiger partial charge in [0.2, 0.25) is 0 Å². The number of hydrogen-bond donors (Lipinski definition) is 0. The summed E-state index contributed by atoms with van der Waals surface area (Å²) >= 11 is 3.38. The SMILES string of the molecule is CCCC(C)C(=O)c1cc(OC)c(Br)cc1OC. The number of carbonyl (C=O) groups is 1. The molecule has 0 saturated heterocycles. The van der Waals surface area contributed by atoms with E-state index in [1.807, 2.05) is 6.92 Å². The lowest BCUT2D eigenvalue weighted by Crippen LogP contribution is -2.12. The van der Waals surface area contributed by atoms with Gasteiger partial charge in [0.15, 0.2) is 5.78 Å². The van der Waals surface area contributed by atoms with E-state index in [2.05, 4.69) is 22.9 Å². The van der Waals surface area contributed by atoms with Crippen LogP contribution < -0.4 is 9.47 Å². The molecule has 0 aliphatic carbocycles. The van der Waals surface area contributed by atoms with Gasteiger partial charge in [-0.1, -0.05) is 20.3 Å². The van der Waals surface area contributed by atoms with Crippen LogP contribution in [0.4, 0.5) is 0 Å². The second-order valence-electron chi connectivity index (χ2n) is 4.24. The number of Topliss-reactive ketones (excluding diaryl/α,β-unsaturated/α-hetero) is 1. The molecular weight excluding hydrogens is 296 g/mol. The topological polar surface area (TPSA) is 35.5 Å². The maximum absolute atomic E-state index is 12.3. The van der Waals surface area contributed by atoms with Crippen LogP contribution in [-0.2, 0) is 0 Å². The Kier molecular flexibility index (Phi) is 5.66. The van der Waals surface area contributed by atoms with Crippen LogP contribution in [0.2, 0.25) is 0 Å². The third-order valence-corrected chi connectivity index (χ3v) is 3.53. The van der Waals surface area contributed by atoms with Crippen molar-refractivity contribution in [2.75, 3.05) is 14.2 Å². The number of ether oxygens (including phenoxy) is 2. The number of halogens is 1. The Morgan fingerprint density at radius 1 is 1.28 bits per heavy atom. The number of hydrogen-bond acceptors (Lipinski definition) is 3. The average molecular weight is 315 g/mol. The number of benzene rings is 1. The third kappa shape index (κ3) is 3.25. The summed E-state index contributed by atoms with van der Waals surface area (Å²) in [6, 6.07) is 3.50. The maximum Gasteiger partial charge on any atom is 0.169 e. The fourth-order valence-corrected chi connectivity index (χ4v) is 2.37. The molecule has 100 valence electrons. The van der Waals surface area contributed by atoms with Gasteiger partial charge in [-0.3, -0.25) is 4.79 Å². The van der Waals surface area contributed by atoms with Crippen LogP contribution in [0.25, 0.3) is 0 Å².